The second-order valence-corrected chi connectivity index (χ2v) is 3.60. The Morgan fingerprint density at radius 1 is 1.50 bits per heavy atom. The molecule has 0 radical (unpaired) electrons. The second kappa shape index (κ2) is 2.64. The van der Waals surface area contributed by atoms with Gasteiger partial charge in [0.2, 0.25) is 5.78 Å². The van der Waals surface area contributed by atoms with Gasteiger partial charge in [-0.1, -0.05) is 0 Å². The van der Waals surface area contributed by atoms with Gasteiger partial charge in [-0.3, -0.25) is 9.20 Å². The third-order valence-electron chi connectivity index (χ3n) is 2.54. The Hall–Kier alpha value is -1.71. The van der Waals surface area contributed by atoms with Crippen molar-refractivity contribution in [2.24, 2.45) is 0 Å². The van der Waals surface area contributed by atoms with E-state index in [4.69, 9.17) is 0 Å². The molecule has 70 valence electrons. The molecule has 1 aliphatic carbocycles. The highest BCUT2D eigenvalue weighted by Crippen LogP contribution is 2.39. The molecule has 0 unspecified atom stereocenters. The topological polar surface area (TPSA) is 47.3 Å². The molecule has 0 amide bonds. The molecule has 4 nitrogen and oxygen atoms in total. The smallest absolute Gasteiger partial charge is 0.234 e. The van der Waals surface area contributed by atoms with Crippen LogP contribution in [0.2, 0.25) is 0 Å². The minimum atomic E-state index is 0.450. The van der Waals surface area contributed by atoms with Crippen LogP contribution in [0, 0.1) is 0 Å². The molecule has 0 aromatic carbocycles. The van der Waals surface area contributed by atoms with E-state index < -0.39 is 0 Å². The first kappa shape index (κ1) is 7.67. The molecule has 1 saturated carbocycles. The maximum Gasteiger partial charge on any atom is 0.234 e. The number of aldehydes is 1. The van der Waals surface area contributed by atoms with Crippen molar-refractivity contribution in [3.63, 3.8) is 0 Å². The van der Waals surface area contributed by atoms with Crippen molar-refractivity contribution in [3.8, 4) is 0 Å². The van der Waals surface area contributed by atoms with Crippen LogP contribution in [-0.2, 0) is 0 Å². The van der Waals surface area contributed by atoms with Gasteiger partial charge in [-0.15, -0.1) is 0 Å². The summed E-state index contributed by atoms with van der Waals surface area (Å²) >= 11 is 0. The zero-order valence-corrected chi connectivity index (χ0v) is 7.55. The van der Waals surface area contributed by atoms with Crippen molar-refractivity contribution in [1.82, 2.24) is 14.4 Å². The molecule has 3 rings (SSSR count). The fraction of sp³-hybridized carbons (Fsp3) is 0.300. The van der Waals surface area contributed by atoms with Crippen molar-refractivity contribution in [2.45, 2.75) is 18.8 Å². The average molecular weight is 187 g/mol. The van der Waals surface area contributed by atoms with E-state index >= 15 is 0 Å². The molecule has 4 heteroatoms. The first-order valence-electron chi connectivity index (χ1n) is 4.67. The Balaban J connectivity index is 2.28. The molecule has 2 heterocycles. The van der Waals surface area contributed by atoms with Crippen molar-refractivity contribution in [1.29, 1.82) is 0 Å². The number of imidazole rings is 1. The fourth-order valence-corrected chi connectivity index (χ4v) is 1.70. The van der Waals surface area contributed by atoms with Gasteiger partial charge in [-0.2, -0.15) is 0 Å². The second-order valence-electron chi connectivity index (χ2n) is 3.60. The van der Waals surface area contributed by atoms with Crippen LogP contribution in [0.25, 0.3) is 5.78 Å². The number of aromatic nitrogens is 3. The van der Waals surface area contributed by atoms with Crippen LogP contribution in [0.15, 0.2) is 18.5 Å². The highest BCUT2D eigenvalue weighted by molar-refractivity contribution is 5.72. The molecule has 1 aliphatic rings. The number of rotatable bonds is 2. The number of carbonyl (C=O) groups excluding carboxylic acids is 1. The molecule has 2 aromatic rings. The van der Waals surface area contributed by atoms with Crippen molar-refractivity contribution >= 4 is 12.1 Å². The lowest BCUT2D eigenvalue weighted by Gasteiger charge is -2.00. The van der Waals surface area contributed by atoms with Gasteiger partial charge < -0.3 is 0 Å². The highest BCUT2D eigenvalue weighted by atomic mass is 16.1. The largest absolute Gasteiger partial charge is 0.296 e. The standard InChI is InChI=1S/C10H9N3O/c14-6-8-5-13-9(7-1-2-7)3-4-11-10(13)12-8/h3-7H,1-2H2. The first-order valence-corrected chi connectivity index (χ1v) is 4.67. The first-order chi connectivity index (χ1) is 6.88. The highest BCUT2D eigenvalue weighted by Gasteiger charge is 2.26. The lowest BCUT2D eigenvalue weighted by molar-refractivity contribution is 0.111. The van der Waals surface area contributed by atoms with Crippen molar-refractivity contribution in [2.75, 3.05) is 0 Å². The Morgan fingerprint density at radius 2 is 2.36 bits per heavy atom. The van der Waals surface area contributed by atoms with Gasteiger partial charge in [0, 0.05) is 18.1 Å². The molecule has 0 aliphatic heterocycles. The summed E-state index contributed by atoms with van der Waals surface area (Å²) < 4.78 is 1.92. The summed E-state index contributed by atoms with van der Waals surface area (Å²) in [6.45, 7) is 0. The van der Waals surface area contributed by atoms with Crippen molar-refractivity contribution in [3.05, 3.63) is 29.8 Å². The number of fused-ring (bicyclic) bond motifs is 1. The number of hydrogen-bond donors (Lipinski definition) is 0. The Morgan fingerprint density at radius 3 is 3.07 bits per heavy atom. The molecule has 0 N–H and O–H groups in total. The molecule has 1 fully saturated rings. The monoisotopic (exact) mass is 187 g/mol. The van der Waals surface area contributed by atoms with Gasteiger partial charge in [0.1, 0.15) is 5.69 Å². The molecular weight excluding hydrogens is 178 g/mol. The molecular formula is C10H9N3O. The third-order valence-corrected chi connectivity index (χ3v) is 2.54. The normalized spacial score (nSPS) is 16.0. The Bertz CT molecular complexity index is 499. The molecule has 14 heavy (non-hydrogen) atoms. The fourth-order valence-electron chi connectivity index (χ4n) is 1.70. The summed E-state index contributed by atoms with van der Waals surface area (Å²) in [6, 6.07) is 2.00. The van der Waals surface area contributed by atoms with Crippen molar-refractivity contribution < 1.29 is 4.79 Å². The van der Waals surface area contributed by atoms with E-state index in [0.29, 0.717) is 17.4 Å². The van der Waals surface area contributed by atoms with Gasteiger partial charge in [-0.25, -0.2) is 9.97 Å². The summed E-state index contributed by atoms with van der Waals surface area (Å²) in [7, 11) is 0. The Kier molecular flexibility index (Phi) is 1.45. The maximum atomic E-state index is 10.6. The van der Waals surface area contributed by atoms with E-state index in [0.717, 1.165) is 6.29 Å². The SMILES string of the molecule is O=Cc1cn2c(C3CC3)ccnc2n1. The van der Waals surface area contributed by atoms with Gasteiger partial charge in [0.05, 0.1) is 0 Å². The predicted octanol–water partition coefficient (Wildman–Crippen LogP) is 1.42. The van der Waals surface area contributed by atoms with Crippen LogP contribution in [-0.4, -0.2) is 20.7 Å². The minimum absolute atomic E-state index is 0.450. The number of hydrogen-bond acceptors (Lipinski definition) is 3. The van der Waals surface area contributed by atoms with Crippen LogP contribution in [0.1, 0.15) is 34.9 Å². The van der Waals surface area contributed by atoms with E-state index in [-0.39, 0.29) is 0 Å². The number of carbonyl (C=O) groups is 1. The minimum Gasteiger partial charge on any atom is -0.296 e. The van der Waals surface area contributed by atoms with E-state index in [1.807, 2.05) is 10.5 Å². The van der Waals surface area contributed by atoms with Crippen LogP contribution in [0.4, 0.5) is 0 Å². The van der Waals surface area contributed by atoms with Gasteiger partial charge in [0.15, 0.2) is 6.29 Å². The van der Waals surface area contributed by atoms with E-state index in [1.54, 1.807) is 12.4 Å². The zero-order valence-electron chi connectivity index (χ0n) is 7.55. The van der Waals surface area contributed by atoms with Gasteiger partial charge in [-0.05, 0) is 24.8 Å². The summed E-state index contributed by atoms with van der Waals surface area (Å²) in [5, 5.41) is 0. The molecule has 0 bridgehead atoms. The molecule has 0 saturated heterocycles. The van der Waals surface area contributed by atoms with E-state index in [1.165, 1.54) is 18.5 Å². The van der Waals surface area contributed by atoms with Crippen LogP contribution in [0.3, 0.4) is 0 Å². The zero-order chi connectivity index (χ0) is 9.54. The maximum absolute atomic E-state index is 10.6. The molecule has 0 spiro atoms. The van der Waals surface area contributed by atoms with Gasteiger partial charge in [0.25, 0.3) is 0 Å². The van der Waals surface area contributed by atoms with E-state index in [2.05, 4.69) is 9.97 Å². The third kappa shape index (κ3) is 1.04. The summed E-state index contributed by atoms with van der Waals surface area (Å²) in [4.78, 5) is 18.8. The number of nitrogens with zero attached hydrogens (tertiary/aromatic N) is 3. The summed E-state index contributed by atoms with van der Waals surface area (Å²) in [5.41, 5.74) is 1.67. The Labute approximate surface area is 80.6 Å². The van der Waals surface area contributed by atoms with Crippen LogP contribution in [0.5, 0.6) is 0 Å². The van der Waals surface area contributed by atoms with Crippen LogP contribution < -0.4 is 0 Å². The van der Waals surface area contributed by atoms with E-state index in [9.17, 15) is 4.79 Å². The predicted molar refractivity (Wildman–Crippen MR) is 50.3 cm³/mol. The quantitative estimate of drug-likeness (QED) is 0.668. The van der Waals surface area contributed by atoms with Crippen LogP contribution >= 0.6 is 0 Å². The summed E-state index contributed by atoms with van der Waals surface area (Å²) in [6.07, 6.45) is 6.72. The summed E-state index contributed by atoms with van der Waals surface area (Å²) in [5.74, 6) is 1.26. The average Bonchev–Trinajstić information content (AvgIpc) is 2.96. The van der Waals surface area contributed by atoms with Gasteiger partial charge >= 0.3 is 0 Å². The lowest BCUT2D eigenvalue weighted by atomic mass is 10.3. The molecule has 2 aromatic heterocycles. The lowest BCUT2D eigenvalue weighted by Crippen LogP contribution is -1.94. The molecule has 0 atom stereocenters.